The minimum absolute atomic E-state index is 0.433. The molecule has 50 heavy (non-hydrogen) atoms. The predicted molar refractivity (Wildman–Crippen MR) is 208 cm³/mol. The lowest BCUT2D eigenvalue weighted by atomic mass is 10.0. The maximum Gasteiger partial charge on any atom is 0.141 e. The average Bonchev–Trinajstić information content (AvgIpc) is 3.12. The summed E-state index contributed by atoms with van der Waals surface area (Å²) in [4.78, 5) is 12.0. The van der Waals surface area contributed by atoms with Crippen LogP contribution in [-0.2, 0) is 6.54 Å². The number of para-hydroxylation sites is 2. The Bertz CT molecular complexity index is 1840. The summed E-state index contributed by atoms with van der Waals surface area (Å²) in [5.41, 5.74) is 5.84. The summed E-state index contributed by atoms with van der Waals surface area (Å²) in [6, 6.07) is 26.0. The lowest BCUT2D eigenvalue weighted by molar-refractivity contribution is 0.210. The van der Waals surface area contributed by atoms with Crippen LogP contribution in [-0.4, -0.2) is 66.3 Å². The second-order valence-corrected chi connectivity index (χ2v) is 13.7. The fourth-order valence-corrected chi connectivity index (χ4v) is 7.18. The first-order valence-corrected chi connectivity index (χ1v) is 18.5. The van der Waals surface area contributed by atoms with Gasteiger partial charge in [0.1, 0.15) is 28.2 Å². The fraction of sp³-hybridized carbons (Fsp3) is 0.415. The van der Waals surface area contributed by atoms with E-state index < -0.39 is 0 Å². The maximum atomic E-state index is 6.45. The van der Waals surface area contributed by atoms with Gasteiger partial charge in [0.15, 0.2) is 0 Å². The Hall–Kier alpha value is -4.11. The summed E-state index contributed by atoms with van der Waals surface area (Å²) in [5, 5.41) is 13.6. The van der Waals surface area contributed by atoms with Crippen LogP contribution in [0.2, 0.25) is 5.02 Å². The van der Waals surface area contributed by atoms with Gasteiger partial charge in [0.2, 0.25) is 0 Å². The van der Waals surface area contributed by atoms with Crippen molar-refractivity contribution in [3.8, 4) is 11.5 Å². The molecule has 9 heteroatoms. The van der Waals surface area contributed by atoms with Crippen LogP contribution < -0.4 is 25.4 Å². The molecule has 0 bridgehead atoms. The Balaban J connectivity index is 0.000000202. The number of aryl methyl sites for hydroxylation is 2. The van der Waals surface area contributed by atoms with Crippen LogP contribution in [0, 0.1) is 13.8 Å². The normalized spacial score (nSPS) is 15.8. The molecule has 8 nitrogen and oxygen atoms in total. The highest BCUT2D eigenvalue weighted by atomic mass is 35.5. The second-order valence-electron chi connectivity index (χ2n) is 13.3. The molecule has 3 N–H and O–H groups in total. The highest BCUT2D eigenvalue weighted by Crippen LogP contribution is 2.36. The number of benzene rings is 3. The van der Waals surface area contributed by atoms with E-state index in [1.165, 1.54) is 40.3 Å². The summed E-state index contributed by atoms with van der Waals surface area (Å²) in [5.74, 6) is 3.38. The monoisotopic (exact) mass is 694 g/mol. The Kier molecular flexibility index (Phi) is 12.3. The van der Waals surface area contributed by atoms with Crippen LogP contribution in [0.4, 0.5) is 11.6 Å². The van der Waals surface area contributed by atoms with E-state index >= 15 is 0 Å². The number of nitrogens with one attached hydrogen (secondary N) is 3. The number of hydrogen-bond donors (Lipinski definition) is 3. The van der Waals surface area contributed by atoms with Gasteiger partial charge in [0, 0.05) is 42.5 Å². The molecule has 5 aromatic rings. The third kappa shape index (κ3) is 9.16. The molecule has 264 valence electrons. The highest BCUT2D eigenvalue weighted by molar-refractivity contribution is 6.33. The summed E-state index contributed by atoms with van der Waals surface area (Å²) in [6.45, 7) is 14.5. The van der Waals surface area contributed by atoms with Gasteiger partial charge in [-0.05, 0) is 120 Å². The third-order valence-corrected chi connectivity index (χ3v) is 9.92. The molecule has 4 heterocycles. The molecule has 2 fully saturated rings. The first kappa shape index (κ1) is 35.7. The zero-order chi connectivity index (χ0) is 34.9. The van der Waals surface area contributed by atoms with Crippen LogP contribution in [0.15, 0.2) is 72.8 Å². The fourth-order valence-electron chi connectivity index (χ4n) is 6.96. The summed E-state index contributed by atoms with van der Waals surface area (Å²) >= 11 is 6.45. The van der Waals surface area contributed by atoms with E-state index in [1.807, 2.05) is 38.1 Å². The summed E-state index contributed by atoms with van der Waals surface area (Å²) in [7, 11) is 0. The minimum atomic E-state index is 0.433. The van der Waals surface area contributed by atoms with E-state index in [0.29, 0.717) is 41.8 Å². The second kappa shape index (κ2) is 17.2. The standard InChI is InChI=1S/C26H32ClN3O2.C15H19N3/c1-4-31-23-15-19(16-24(26(23)27)32-5-2)17-30-12-10-20(11-13-30)28-25-14-18(3)21-8-6-7-9-22(21)29-25;1-11-10-15(17-12-6-8-16-9-7-12)18-14-5-3-2-4-13(11)14/h6-9,14-16,20H,4-5,10-13,17H2,1-3H3,(H,28,29);2-5,10,12,16H,6-9H2,1H3,(H,17,18). The largest absolute Gasteiger partial charge is 0.492 e. The molecular weight excluding hydrogens is 644 g/mol. The Morgan fingerprint density at radius 3 is 1.70 bits per heavy atom. The summed E-state index contributed by atoms with van der Waals surface area (Å²) < 4.78 is 11.5. The quantitative estimate of drug-likeness (QED) is 0.134. The number of fused-ring (bicyclic) bond motifs is 2. The summed E-state index contributed by atoms with van der Waals surface area (Å²) in [6.07, 6.45) is 4.51. The number of likely N-dealkylation sites (tertiary alicyclic amines) is 1. The molecule has 7 rings (SSSR count). The molecule has 0 atom stereocenters. The van der Waals surface area contributed by atoms with Gasteiger partial charge in [0.25, 0.3) is 0 Å². The SMILES string of the molecule is CCOc1cc(CN2CCC(Nc3cc(C)c4ccccc4n3)CC2)cc(OCC)c1Cl.Cc1cc(NC2CCNCC2)nc2ccccc12. The van der Waals surface area contributed by atoms with E-state index in [4.69, 9.17) is 31.0 Å². The van der Waals surface area contributed by atoms with Crippen molar-refractivity contribution in [2.45, 2.75) is 72.0 Å². The zero-order valence-corrected chi connectivity index (χ0v) is 30.7. The highest BCUT2D eigenvalue weighted by Gasteiger charge is 2.21. The molecule has 0 amide bonds. The van der Waals surface area contributed by atoms with Crippen LogP contribution in [0.25, 0.3) is 21.8 Å². The van der Waals surface area contributed by atoms with Crippen molar-refractivity contribution in [3.63, 3.8) is 0 Å². The van der Waals surface area contributed by atoms with Crippen LogP contribution in [0.5, 0.6) is 11.5 Å². The van der Waals surface area contributed by atoms with Crippen molar-refractivity contribution in [3.05, 3.63) is 94.5 Å². The molecule has 0 saturated carbocycles. The predicted octanol–water partition coefficient (Wildman–Crippen LogP) is 8.78. The lowest BCUT2D eigenvalue weighted by Gasteiger charge is -2.33. The topological polar surface area (TPSA) is 83.6 Å². The molecule has 2 saturated heterocycles. The van der Waals surface area contributed by atoms with Gasteiger partial charge in [-0.1, -0.05) is 48.0 Å². The Morgan fingerprint density at radius 2 is 1.20 bits per heavy atom. The van der Waals surface area contributed by atoms with Gasteiger partial charge in [-0.15, -0.1) is 0 Å². The number of hydrogen-bond acceptors (Lipinski definition) is 8. The Morgan fingerprint density at radius 1 is 0.720 bits per heavy atom. The van der Waals surface area contributed by atoms with Crippen LogP contribution in [0.1, 0.15) is 56.2 Å². The van der Waals surface area contributed by atoms with Crippen LogP contribution >= 0.6 is 11.6 Å². The van der Waals surface area contributed by atoms with E-state index in [1.54, 1.807) is 0 Å². The van der Waals surface area contributed by atoms with E-state index in [0.717, 1.165) is 68.2 Å². The molecule has 2 aromatic heterocycles. The Labute approximate surface area is 301 Å². The van der Waals surface area contributed by atoms with Crippen molar-refractivity contribution >= 4 is 45.0 Å². The number of halogens is 1. The molecule has 3 aromatic carbocycles. The third-order valence-electron chi connectivity index (χ3n) is 9.55. The van der Waals surface area contributed by atoms with Crippen LogP contribution in [0.3, 0.4) is 0 Å². The lowest BCUT2D eigenvalue weighted by Crippen LogP contribution is -2.38. The van der Waals surface area contributed by atoms with Gasteiger partial charge in [-0.25, -0.2) is 9.97 Å². The molecule has 2 aliphatic heterocycles. The number of anilines is 2. The first-order valence-electron chi connectivity index (χ1n) is 18.2. The zero-order valence-electron chi connectivity index (χ0n) is 29.9. The number of nitrogens with zero attached hydrogens (tertiary/aromatic N) is 3. The molecule has 0 unspecified atom stereocenters. The number of aromatic nitrogens is 2. The van der Waals surface area contributed by atoms with Crippen molar-refractivity contribution in [1.82, 2.24) is 20.2 Å². The van der Waals surface area contributed by atoms with E-state index in [-0.39, 0.29) is 0 Å². The average molecular weight is 695 g/mol. The number of pyridine rings is 2. The number of ether oxygens (including phenoxy) is 2. The van der Waals surface area contributed by atoms with Crippen molar-refractivity contribution < 1.29 is 9.47 Å². The van der Waals surface area contributed by atoms with Gasteiger partial charge >= 0.3 is 0 Å². The molecule has 0 radical (unpaired) electrons. The van der Waals surface area contributed by atoms with Crippen molar-refractivity contribution in [2.75, 3.05) is 50.0 Å². The van der Waals surface area contributed by atoms with Crippen molar-refractivity contribution in [2.24, 2.45) is 0 Å². The molecule has 2 aliphatic rings. The van der Waals surface area contributed by atoms with Gasteiger partial charge < -0.3 is 25.4 Å². The van der Waals surface area contributed by atoms with Gasteiger partial charge in [-0.2, -0.15) is 0 Å². The number of piperidine rings is 2. The maximum absolute atomic E-state index is 6.45. The first-order chi connectivity index (χ1) is 24.4. The smallest absolute Gasteiger partial charge is 0.141 e. The molecular formula is C41H51ClN6O2. The van der Waals surface area contributed by atoms with Crippen molar-refractivity contribution in [1.29, 1.82) is 0 Å². The molecule has 0 spiro atoms. The number of rotatable bonds is 10. The van der Waals surface area contributed by atoms with Gasteiger partial charge in [-0.3, -0.25) is 4.90 Å². The van der Waals surface area contributed by atoms with E-state index in [2.05, 4.69) is 83.2 Å². The minimum Gasteiger partial charge on any atom is -0.492 e. The molecule has 0 aliphatic carbocycles. The van der Waals surface area contributed by atoms with Gasteiger partial charge in [0.05, 0.1) is 24.2 Å². The van der Waals surface area contributed by atoms with E-state index in [9.17, 15) is 0 Å².